The molecule has 2 unspecified atom stereocenters. The van der Waals surface area contributed by atoms with Gasteiger partial charge in [-0.05, 0) is 31.4 Å². The molecular formula is C17H22N2O4. The van der Waals surface area contributed by atoms with Crippen molar-refractivity contribution in [2.24, 2.45) is 0 Å². The summed E-state index contributed by atoms with van der Waals surface area (Å²) in [4.78, 5) is 18.4. The Morgan fingerprint density at radius 2 is 2.43 bits per heavy atom. The van der Waals surface area contributed by atoms with Crippen LogP contribution in [-0.4, -0.2) is 59.9 Å². The Bertz CT molecular complexity index is 561. The van der Waals surface area contributed by atoms with Crippen LogP contribution in [-0.2, 0) is 14.3 Å². The van der Waals surface area contributed by atoms with E-state index in [4.69, 9.17) is 14.2 Å². The zero-order valence-corrected chi connectivity index (χ0v) is 13.1. The highest BCUT2D eigenvalue weighted by molar-refractivity contribution is 5.81. The molecule has 6 heteroatoms. The molecular weight excluding hydrogens is 296 g/mol. The quantitative estimate of drug-likeness (QED) is 0.843. The summed E-state index contributed by atoms with van der Waals surface area (Å²) in [5.41, 5.74) is -0.249. The topological polar surface area (TPSA) is 60.9 Å². The van der Waals surface area contributed by atoms with Crippen molar-refractivity contribution >= 4 is 5.91 Å². The molecule has 1 aromatic heterocycles. The first-order valence-electron chi connectivity index (χ1n) is 8.35. The lowest BCUT2D eigenvalue weighted by Crippen LogP contribution is -2.40. The minimum absolute atomic E-state index is 0.0250. The standard InChI is InChI=1S/C17H22N2O4/c20-16(15-4-2-8-21-15)19-7-5-17(12-19)9-14(11-22-17)23-13-3-1-6-18-10-13/h1,3,6,10,14-15H,2,4-5,7-9,11-12H2/t14?,15-,17?/m0/s1. The molecule has 1 amide bonds. The molecule has 0 aromatic carbocycles. The Labute approximate surface area is 135 Å². The van der Waals surface area contributed by atoms with Gasteiger partial charge in [-0.1, -0.05) is 0 Å². The van der Waals surface area contributed by atoms with Crippen molar-refractivity contribution in [2.45, 2.75) is 43.5 Å². The van der Waals surface area contributed by atoms with E-state index in [9.17, 15) is 4.79 Å². The molecule has 4 heterocycles. The minimum Gasteiger partial charge on any atom is -0.486 e. The van der Waals surface area contributed by atoms with Crippen LogP contribution in [0.25, 0.3) is 0 Å². The number of hydrogen-bond donors (Lipinski definition) is 0. The fourth-order valence-corrected chi connectivity index (χ4v) is 3.78. The molecule has 1 spiro atoms. The summed E-state index contributed by atoms with van der Waals surface area (Å²) >= 11 is 0. The van der Waals surface area contributed by atoms with Crippen molar-refractivity contribution in [3.63, 3.8) is 0 Å². The highest BCUT2D eigenvalue weighted by Crippen LogP contribution is 2.37. The number of carbonyl (C=O) groups excluding carboxylic acids is 1. The minimum atomic E-state index is -0.249. The third kappa shape index (κ3) is 3.05. The Morgan fingerprint density at radius 1 is 1.48 bits per heavy atom. The van der Waals surface area contributed by atoms with Gasteiger partial charge < -0.3 is 19.1 Å². The molecule has 3 aliphatic rings. The lowest BCUT2D eigenvalue weighted by molar-refractivity contribution is -0.140. The van der Waals surface area contributed by atoms with Crippen LogP contribution in [0.2, 0.25) is 0 Å². The van der Waals surface area contributed by atoms with E-state index in [0.29, 0.717) is 19.8 Å². The second-order valence-electron chi connectivity index (χ2n) is 6.64. The van der Waals surface area contributed by atoms with Crippen LogP contribution < -0.4 is 4.74 Å². The van der Waals surface area contributed by atoms with Gasteiger partial charge in [-0.3, -0.25) is 9.78 Å². The SMILES string of the molecule is O=C([C@@H]1CCCO1)N1CCC2(CC(Oc3cccnc3)CO2)C1. The maximum Gasteiger partial charge on any atom is 0.251 e. The van der Waals surface area contributed by atoms with Gasteiger partial charge in [0.05, 0.1) is 18.4 Å². The molecule has 3 fully saturated rings. The van der Waals surface area contributed by atoms with Crippen LogP contribution in [0.15, 0.2) is 24.5 Å². The van der Waals surface area contributed by atoms with Gasteiger partial charge in [-0.15, -0.1) is 0 Å². The summed E-state index contributed by atoms with van der Waals surface area (Å²) < 4.78 is 17.5. The van der Waals surface area contributed by atoms with Gasteiger partial charge in [0.25, 0.3) is 5.91 Å². The van der Waals surface area contributed by atoms with Gasteiger partial charge in [0.2, 0.25) is 0 Å². The zero-order chi connectivity index (χ0) is 15.7. The molecule has 0 radical (unpaired) electrons. The van der Waals surface area contributed by atoms with E-state index in [2.05, 4.69) is 4.98 Å². The van der Waals surface area contributed by atoms with Crippen molar-refractivity contribution in [1.82, 2.24) is 9.88 Å². The molecule has 0 bridgehead atoms. The van der Waals surface area contributed by atoms with Gasteiger partial charge in [-0.2, -0.15) is 0 Å². The van der Waals surface area contributed by atoms with E-state index >= 15 is 0 Å². The molecule has 0 N–H and O–H groups in total. The highest BCUT2D eigenvalue weighted by Gasteiger charge is 2.48. The molecule has 6 nitrogen and oxygen atoms in total. The van der Waals surface area contributed by atoms with Crippen LogP contribution in [0.5, 0.6) is 5.75 Å². The van der Waals surface area contributed by atoms with Crippen molar-refractivity contribution in [1.29, 1.82) is 0 Å². The van der Waals surface area contributed by atoms with E-state index in [1.165, 1.54) is 0 Å². The first-order valence-corrected chi connectivity index (χ1v) is 8.35. The zero-order valence-electron chi connectivity index (χ0n) is 13.1. The first kappa shape index (κ1) is 14.9. The Balaban J connectivity index is 1.34. The maximum absolute atomic E-state index is 12.5. The van der Waals surface area contributed by atoms with Gasteiger partial charge in [0, 0.05) is 32.3 Å². The number of likely N-dealkylation sites (tertiary alicyclic amines) is 1. The molecule has 4 rings (SSSR count). The summed E-state index contributed by atoms with van der Waals surface area (Å²) in [6, 6.07) is 3.76. The van der Waals surface area contributed by atoms with Crippen molar-refractivity contribution in [3.05, 3.63) is 24.5 Å². The predicted molar refractivity (Wildman–Crippen MR) is 82.1 cm³/mol. The normalized spacial score (nSPS) is 33.5. The number of nitrogens with zero attached hydrogens (tertiary/aromatic N) is 2. The van der Waals surface area contributed by atoms with Crippen LogP contribution >= 0.6 is 0 Å². The molecule has 3 aliphatic heterocycles. The number of amides is 1. The third-order valence-electron chi connectivity index (χ3n) is 4.95. The van der Waals surface area contributed by atoms with Crippen LogP contribution in [0, 0.1) is 0 Å². The van der Waals surface area contributed by atoms with Crippen LogP contribution in [0.4, 0.5) is 0 Å². The van der Waals surface area contributed by atoms with E-state index in [1.807, 2.05) is 17.0 Å². The summed E-state index contributed by atoms with van der Waals surface area (Å²) in [6.07, 6.45) is 6.74. The lowest BCUT2D eigenvalue weighted by atomic mass is 9.98. The fraction of sp³-hybridized carbons (Fsp3) is 0.647. The summed E-state index contributed by atoms with van der Waals surface area (Å²) in [5, 5.41) is 0. The largest absolute Gasteiger partial charge is 0.486 e. The second-order valence-corrected chi connectivity index (χ2v) is 6.64. The first-order chi connectivity index (χ1) is 11.2. The van der Waals surface area contributed by atoms with Crippen LogP contribution in [0.3, 0.4) is 0 Å². The predicted octanol–water partition coefficient (Wildman–Crippen LogP) is 1.40. The van der Waals surface area contributed by atoms with Crippen molar-refractivity contribution < 1.29 is 19.0 Å². The molecule has 0 aliphatic carbocycles. The van der Waals surface area contributed by atoms with Crippen LogP contribution in [0.1, 0.15) is 25.7 Å². The number of rotatable bonds is 3. The van der Waals surface area contributed by atoms with Crippen molar-refractivity contribution in [3.8, 4) is 5.75 Å². The highest BCUT2D eigenvalue weighted by atomic mass is 16.6. The average Bonchev–Trinajstić information content (AvgIpc) is 3.31. The van der Waals surface area contributed by atoms with Gasteiger partial charge >= 0.3 is 0 Å². The van der Waals surface area contributed by atoms with E-state index in [-0.39, 0.29) is 23.7 Å². The molecule has 3 saturated heterocycles. The second kappa shape index (κ2) is 6.09. The third-order valence-corrected chi connectivity index (χ3v) is 4.95. The van der Waals surface area contributed by atoms with Gasteiger partial charge in [0.1, 0.15) is 18.0 Å². The number of hydrogen-bond acceptors (Lipinski definition) is 5. The summed E-state index contributed by atoms with van der Waals surface area (Å²) in [7, 11) is 0. The molecule has 0 saturated carbocycles. The maximum atomic E-state index is 12.5. The number of carbonyl (C=O) groups is 1. The average molecular weight is 318 g/mol. The smallest absolute Gasteiger partial charge is 0.251 e. The van der Waals surface area contributed by atoms with Gasteiger partial charge in [0.15, 0.2) is 0 Å². The Morgan fingerprint density at radius 3 is 3.22 bits per heavy atom. The Kier molecular flexibility index (Phi) is 3.95. The van der Waals surface area contributed by atoms with E-state index in [0.717, 1.165) is 38.0 Å². The number of ether oxygens (including phenoxy) is 3. The molecule has 3 atom stereocenters. The fourth-order valence-electron chi connectivity index (χ4n) is 3.78. The number of aromatic nitrogens is 1. The summed E-state index contributed by atoms with van der Waals surface area (Å²) in [6.45, 7) is 2.67. The molecule has 124 valence electrons. The lowest BCUT2D eigenvalue weighted by Gasteiger charge is -2.24. The van der Waals surface area contributed by atoms with Crippen molar-refractivity contribution in [2.75, 3.05) is 26.3 Å². The number of pyridine rings is 1. The Hall–Kier alpha value is -1.66. The van der Waals surface area contributed by atoms with E-state index < -0.39 is 0 Å². The monoisotopic (exact) mass is 318 g/mol. The summed E-state index contributed by atoms with van der Waals surface area (Å²) in [5.74, 6) is 0.892. The van der Waals surface area contributed by atoms with E-state index in [1.54, 1.807) is 12.4 Å². The van der Waals surface area contributed by atoms with Gasteiger partial charge in [-0.25, -0.2) is 0 Å². The molecule has 23 heavy (non-hydrogen) atoms. The molecule has 1 aromatic rings.